The van der Waals surface area contributed by atoms with E-state index in [-0.39, 0.29) is 5.91 Å². The first-order valence-electron chi connectivity index (χ1n) is 6.87. The summed E-state index contributed by atoms with van der Waals surface area (Å²) in [6.07, 6.45) is 1.55. The smallest absolute Gasteiger partial charge is 0.252 e. The second-order valence-corrected chi connectivity index (χ2v) is 4.71. The third kappa shape index (κ3) is 4.24. The normalized spacial score (nSPS) is 10.2. The summed E-state index contributed by atoms with van der Waals surface area (Å²) in [5, 5.41) is 5.88. The molecule has 0 radical (unpaired) electrons. The van der Waals surface area contributed by atoms with Crippen molar-refractivity contribution in [1.29, 1.82) is 0 Å². The Bertz CT molecular complexity index is 604. The number of anilines is 1. The third-order valence-electron chi connectivity index (χ3n) is 2.82. The van der Waals surface area contributed by atoms with Crippen LogP contribution in [-0.4, -0.2) is 27.4 Å². The molecule has 2 heterocycles. The molecule has 0 spiro atoms. The van der Waals surface area contributed by atoms with Crippen LogP contribution >= 0.6 is 0 Å². The molecule has 2 N–H and O–H groups in total. The minimum atomic E-state index is -0.116. The average molecular weight is 285 g/mol. The van der Waals surface area contributed by atoms with Gasteiger partial charge in [-0.1, -0.05) is 0 Å². The molecule has 0 bridgehead atoms. The molecule has 0 fully saturated rings. The number of nitrogens with one attached hydrogen (secondary N) is 2. The number of aromatic nitrogens is 3. The summed E-state index contributed by atoms with van der Waals surface area (Å²) >= 11 is 0. The van der Waals surface area contributed by atoms with Gasteiger partial charge in [0.25, 0.3) is 5.91 Å². The number of amides is 1. The number of hydrogen-bond acceptors (Lipinski definition) is 5. The molecule has 6 heteroatoms. The molecule has 0 saturated carbocycles. The lowest BCUT2D eigenvalue weighted by atomic mass is 10.2. The Morgan fingerprint density at radius 1 is 1.19 bits per heavy atom. The van der Waals surface area contributed by atoms with Crippen molar-refractivity contribution in [1.82, 2.24) is 20.3 Å². The lowest BCUT2D eigenvalue weighted by Crippen LogP contribution is -2.22. The van der Waals surface area contributed by atoms with E-state index in [2.05, 4.69) is 25.6 Å². The minimum absolute atomic E-state index is 0.116. The van der Waals surface area contributed by atoms with E-state index in [4.69, 9.17) is 0 Å². The molecular formula is C15H19N5O. The third-order valence-corrected chi connectivity index (χ3v) is 2.82. The quantitative estimate of drug-likeness (QED) is 0.876. The Morgan fingerprint density at radius 3 is 2.48 bits per heavy atom. The molecule has 0 atom stereocenters. The van der Waals surface area contributed by atoms with Crippen molar-refractivity contribution < 1.29 is 4.79 Å². The predicted molar refractivity (Wildman–Crippen MR) is 81.1 cm³/mol. The Hall–Kier alpha value is -2.50. The number of pyridine rings is 1. The summed E-state index contributed by atoms with van der Waals surface area (Å²) in [6.45, 7) is 6.86. The van der Waals surface area contributed by atoms with Crippen molar-refractivity contribution in [3.8, 4) is 0 Å². The lowest BCUT2D eigenvalue weighted by Gasteiger charge is -2.07. The lowest BCUT2D eigenvalue weighted by molar-refractivity contribution is 0.0955. The minimum Gasteiger partial charge on any atom is -0.363 e. The van der Waals surface area contributed by atoms with Crippen molar-refractivity contribution >= 4 is 11.7 Å². The Labute approximate surface area is 124 Å². The van der Waals surface area contributed by atoms with Gasteiger partial charge < -0.3 is 10.6 Å². The van der Waals surface area contributed by atoms with Crippen molar-refractivity contribution in [2.24, 2.45) is 0 Å². The van der Waals surface area contributed by atoms with E-state index >= 15 is 0 Å². The highest BCUT2D eigenvalue weighted by atomic mass is 16.1. The van der Waals surface area contributed by atoms with Gasteiger partial charge in [0.15, 0.2) is 0 Å². The summed E-state index contributed by atoms with van der Waals surface area (Å²) in [4.78, 5) is 24.5. The Balaban J connectivity index is 1.99. The molecule has 2 rings (SSSR count). The summed E-state index contributed by atoms with van der Waals surface area (Å²) in [7, 11) is 0. The van der Waals surface area contributed by atoms with Gasteiger partial charge in [-0.15, -0.1) is 0 Å². The number of rotatable bonds is 5. The van der Waals surface area contributed by atoms with E-state index in [1.54, 1.807) is 18.3 Å². The zero-order valence-corrected chi connectivity index (χ0v) is 12.5. The molecule has 2 aromatic rings. The second-order valence-electron chi connectivity index (χ2n) is 4.71. The SMILES string of the molecule is CCNC(=O)c1ccc(NCc2nc(C)cc(C)n2)nc1. The molecule has 0 aliphatic carbocycles. The van der Waals surface area contributed by atoms with Gasteiger partial charge in [0.1, 0.15) is 11.6 Å². The molecule has 1 amide bonds. The Morgan fingerprint density at radius 2 is 1.90 bits per heavy atom. The summed E-state index contributed by atoms with van der Waals surface area (Å²) in [6, 6.07) is 5.44. The highest BCUT2D eigenvalue weighted by molar-refractivity contribution is 5.93. The molecule has 21 heavy (non-hydrogen) atoms. The molecule has 2 aromatic heterocycles. The second kappa shape index (κ2) is 6.78. The van der Waals surface area contributed by atoms with E-state index in [1.165, 1.54) is 0 Å². The fourth-order valence-corrected chi connectivity index (χ4v) is 1.94. The zero-order valence-electron chi connectivity index (χ0n) is 12.5. The standard InChI is InChI=1S/C15H19N5O/c1-4-16-15(21)12-5-6-13(17-8-12)18-9-14-19-10(2)7-11(3)20-14/h5-8H,4,9H2,1-3H3,(H,16,21)(H,17,18). The van der Waals surface area contributed by atoms with Gasteiger partial charge in [0.05, 0.1) is 12.1 Å². The van der Waals surface area contributed by atoms with E-state index < -0.39 is 0 Å². The van der Waals surface area contributed by atoms with E-state index in [0.29, 0.717) is 24.5 Å². The number of carbonyl (C=O) groups excluding carboxylic acids is 1. The van der Waals surface area contributed by atoms with Gasteiger partial charge in [0, 0.05) is 24.1 Å². The molecule has 0 aliphatic heterocycles. The van der Waals surface area contributed by atoms with Crippen LogP contribution in [0.2, 0.25) is 0 Å². The molecule has 0 saturated heterocycles. The van der Waals surface area contributed by atoms with Gasteiger partial charge in [-0.2, -0.15) is 0 Å². The van der Waals surface area contributed by atoms with Gasteiger partial charge in [-0.25, -0.2) is 15.0 Å². The van der Waals surface area contributed by atoms with Crippen LogP contribution in [0.4, 0.5) is 5.82 Å². The van der Waals surface area contributed by atoms with E-state index in [9.17, 15) is 4.79 Å². The van der Waals surface area contributed by atoms with Crippen molar-refractivity contribution in [3.05, 3.63) is 47.2 Å². The zero-order chi connectivity index (χ0) is 15.2. The average Bonchev–Trinajstić information content (AvgIpc) is 2.45. The van der Waals surface area contributed by atoms with Gasteiger partial charge >= 0.3 is 0 Å². The molecule has 0 aromatic carbocycles. The predicted octanol–water partition coefficient (Wildman–Crippen LogP) is 1.85. The van der Waals surface area contributed by atoms with Crippen molar-refractivity contribution in [2.45, 2.75) is 27.3 Å². The molecule has 110 valence electrons. The van der Waals surface area contributed by atoms with E-state index in [1.807, 2.05) is 26.8 Å². The van der Waals surface area contributed by atoms with Crippen LogP contribution in [0.3, 0.4) is 0 Å². The fourth-order valence-electron chi connectivity index (χ4n) is 1.94. The number of hydrogen-bond donors (Lipinski definition) is 2. The van der Waals surface area contributed by atoms with Crippen molar-refractivity contribution in [3.63, 3.8) is 0 Å². The first kappa shape index (κ1) is 14.9. The first-order chi connectivity index (χ1) is 10.1. The topological polar surface area (TPSA) is 79.8 Å². The largest absolute Gasteiger partial charge is 0.363 e. The summed E-state index contributed by atoms with van der Waals surface area (Å²) < 4.78 is 0. The van der Waals surface area contributed by atoms with Crippen LogP contribution in [0, 0.1) is 13.8 Å². The summed E-state index contributed by atoms with van der Waals surface area (Å²) in [5.74, 6) is 1.29. The van der Waals surface area contributed by atoms with E-state index in [0.717, 1.165) is 17.2 Å². The maximum absolute atomic E-state index is 11.6. The number of aryl methyl sites for hydroxylation is 2. The van der Waals surface area contributed by atoms with Gasteiger partial charge in [0.2, 0.25) is 0 Å². The van der Waals surface area contributed by atoms with Crippen LogP contribution in [0.15, 0.2) is 24.4 Å². The highest BCUT2D eigenvalue weighted by Crippen LogP contribution is 2.07. The molecule has 6 nitrogen and oxygen atoms in total. The molecule has 0 unspecified atom stereocenters. The van der Waals surface area contributed by atoms with Crippen LogP contribution in [0.5, 0.6) is 0 Å². The monoisotopic (exact) mass is 285 g/mol. The van der Waals surface area contributed by atoms with Crippen molar-refractivity contribution in [2.75, 3.05) is 11.9 Å². The van der Waals surface area contributed by atoms with Crippen LogP contribution < -0.4 is 10.6 Å². The first-order valence-corrected chi connectivity index (χ1v) is 6.87. The molecule has 0 aliphatic rings. The number of carbonyl (C=O) groups is 1. The fraction of sp³-hybridized carbons (Fsp3) is 0.333. The highest BCUT2D eigenvalue weighted by Gasteiger charge is 2.05. The van der Waals surface area contributed by atoms with Crippen LogP contribution in [0.25, 0.3) is 0 Å². The van der Waals surface area contributed by atoms with Gasteiger partial charge in [-0.3, -0.25) is 4.79 Å². The van der Waals surface area contributed by atoms with Crippen LogP contribution in [0.1, 0.15) is 34.5 Å². The Kier molecular flexibility index (Phi) is 4.81. The maximum atomic E-state index is 11.6. The summed E-state index contributed by atoms with van der Waals surface area (Å²) in [5.41, 5.74) is 2.43. The van der Waals surface area contributed by atoms with Crippen LogP contribution in [-0.2, 0) is 6.54 Å². The number of nitrogens with zero attached hydrogens (tertiary/aromatic N) is 3. The molecular weight excluding hydrogens is 266 g/mol. The maximum Gasteiger partial charge on any atom is 0.252 e. The van der Waals surface area contributed by atoms with Gasteiger partial charge in [-0.05, 0) is 39.0 Å².